The minimum atomic E-state index is -0.215. The largest absolute Gasteiger partial charge is 0.493 e. The first-order chi connectivity index (χ1) is 14.3. The van der Waals surface area contributed by atoms with Crippen LogP contribution in [0.25, 0.3) is 0 Å². The average molecular weight is 478 g/mol. The minimum absolute atomic E-state index is 0.0793. The molecular weight excluding hydrogens is 450 g/mol. The molecule has 3 N–H and O–H groups in total. The van der Waals surface area contributed by atoms with Gasteiger partial charge >= 0.3 is 6.03 Å². The third kappa shape index (κ3) is 6.95. The molecule has 0 aliphatic rings. The predicted octanol–water partition coefficient (Wildman–Crippen LogP) is 3.65. The van der Waals surface area contributed by atoms with Crippen LogP contribution in [-0.2, 0) is 13.0 Å². The van der Waals surface area contributed by atoms with Crippen LogP contribution in [0.2, 0.25) is 0 Å². The van der Waals surface area contributed by atoms with Gasteiger partial charge in [-0.3, -0.25) is 4.79 Å². The molecule has 0 bridgehead atoms. The molecule has 0 radical (unpaired) electrons. The molecule has 30 heavy (non-hydrogen) atoms. The van der Waals surface area contributed by atoms with Crippen LogP contribution in [-0.4, -0.2) is 38.7 Å². The van der Waals surface area contributed by atoms with E-state index in [-0.39, 0.29) is 18.0 Å². The van der Waals surface area contributed by atoms with Gasteiger partial charge in [0.1, 0.15) is 0 Å². The van der Waals surface area contributed by atoms with Crippen molar-refractivity contribution in [3.8, 4) is 11.5 Å². The van der Waals surface area contributed by atoms with Crippen molar-refractivity contribution in [1.82, 2.24) is 16.0 Å². The van der Waals surface area contributed by atoms with E-state index in [2.05, 4.69) is 31.9 Å². The minimum Gasteiger partial charge on any atom is -0.493 e. The fourth-order valence-electron chi connectivity index (χ4n) is 2.77. The summed E-state index contributed by atoms with van der Waals surface area (Å²) < 4.78 is 11.5. The molecule has 2 rings (SSSR count). The van der Waals surface area contributed by atoms with Crippen LogP contribution in [0.5, 0.6) is 11.5 Å². The van der Waals surface area contributed by atoms with Crippen LogP contribution in [0, 0.1) is 0 Å². The first-order valence-electron chi connectivity index (χ1n) is 9.66. The molecule has 0 spiro atoms. The number of benzene rings is 2. The molecule has 7 nitrogen and oxygen atoms in total. The summed E-state index contributed by atoms with van der Waals surface area (Å²) in [6.45, 7) is 4.67. The molecule has 0 fully saturated rings. The van der Waals surface area contributed by atoms with Crippen LogP contribution >= 0.6 is 15.9 Å². The van der Waals surface area contributed by atoms with E-state index >= 15 is 0 Å². The zero-order valence-corrected chi connectivity index (χ0v) is 19.3. The molecule has 0 aliphatic heterocycles. The summed E-state index contributed by atoms with van der Waals surface area (Å²) in [7, 11) is 3.18. The third-order valence-corrected chi connectivity index (χ3v) is 5.06. The van der Waals surface area contributed by atoms with Gasteiger partial charge in [-0.05, 0) is 55.7 Å². The standard InChI is InChI=1S/C22H28BrN3O4/c1-14(2)26-22(28)25-13-15-5-7-16(8-6-15)21(27)24-10-9-17-11-19(29-3)20(30-4)12-18(17)23/h5-8,11-12,14H,9-10,13H2,1-4H3,(H,24,27)(H2,25,26,28). The van der Waals surface area contributed by atoms with Gasteiger partial charge in [-0.25, -0.2) is 4.79 Å². The van der Waals surface area contributed by atoms with Crippen molar-refractivity contribution in [2.24, 2.45) is 0 Å². The van der Waals surface area contributed by atoms with Crippen molar-refractivity contribution in [3.63, 3.8) is 0 Å². The van der Waals surface area contributed by atoms with Crippen molar-refractivity contribution in [3.05, 3.63) is 57.6 Å². The van der Waals surface area contributed by atoms with Gasteiger partial charge in [-0.1, -0.05) is 28.1 Å². The Morgan fingerprint density at radius 2 is 1.63 bits per heavy atom. The fourth-order valence-corrected chi connectivity index (χ4v) is 3.29. The highest BCUT2D eigenvalue weighted by molar-refractivity contribution is 9.10. The van der Waals surface area contributed by atoms with Gasteiger partial charge in [0.15, 0.2) is 11.5 Å². The molecular formula is C22H28BrN3O4. The van der Waals surface area contributed by atoms with Gasteiger partial charge in [0.2, 0.25) is 0 Å². The summed E-state index contributed by atoms with van der Waals surface area (Å²) >= 11 is 3.53. The molecule has 0 aromatic heterocycles. The Kier molecular flexibility index (Phi) is 8.98. The van der Waals surface area contributed by atoms with Crippen LogP contribution in [0.3, 0.4) is 0 Å². The number of carbonyl (C=O) groups is 2. The zero-order valence-electron chi connectivity index (χ0n) is 17.7. The molecule has 0 unspecified atom stereocenters. The van der Waals surface area contributed by atoms with E-state index < -0.39 is 0 Å². The van der Waals surface area contributed by atoms with Crippen LogP contribution in [0.15, 0.2) is 40.9 Å². The Hall–Kier alpha value is -2.74. The van der Waals surface area contributed by atoms with Crippen molar-refractivity contribution in [2.45, 2.75) is 32.9 Å². The number of rotatable bonds is 9. The topological polar surface area (TPSA) is 88.7 Å². The van der Waals surface area contributed by atoms with Crippen LogP contribution in [0.4, 0.5) is 4.79 Å². The Balaban J connectivity index is 1.86. The lowest BCUT2D eigenvalue weighted by molar-refractivity contribution is 0.0954. The number of methoxy groups -OCH3 is 2. The van der Waals surface area contributed by atoms with Gasteiger partial charge < -0.3 is 25.4 Å². The Labute approximate surface area is 185 Å². The Bertz CT molecular complexity index is 869. The van der Waals surface area contributed by atoms with Crippen LogP contribution < -0.4 is 25.4 Å². The van der Waals surface area contributed by atoms with Crippen molar-refractivity contribution < 1.29 is 19.1 Å². The molecule has 162 valence electrons. The smallest absolute Gasteiger partial charge is 0.315 e. The monoisotopic (exact) mass is 477 g/mol. The number of urea groups is 1. The number of amides is 3. The first-order valence-corrected chi connectivity index (χ1v) is 10.4. The zero-order chi connectivity index (χ0) is 22.1. The van der Waals surface area contributed by atoms with Crippen LogP contribution in [0.1, 0.15) is 35.3 Å². The lowest BCUT2D eigenvalue weighted by Gasteiger charge is -2.12. The van der Waals surface area contributed by atoms with E-state index in [1.165, 1.54) is 0 Å². The van der Waals surface area contributed by atoms with Crippen molar-refractivity contribution in [1.29, 1.82) is 0 Å². The summed E-state index contributed by atoms with van der Waals surface area (Å²) in [5.74, 6) is 1.14. The average Bonchev–Trinajstić information content (AvgIpc) is 2.72. The highest BCUT2D eigenvalue weighted by Gasteiger charge is 2.11. The second kappa shape index (κ2) is 11.4. The van der Waals surface area contributed by atoms with E-state index in [0.717, 1.165) is 15.6 Å². The third-order valence-electron chi connectivity index (χ3n) is 4.32. The molecule has 0 saturated carbocycles. The summed E-state index contributed by atoms with van der Waals surface area (Å²) in [5.41, 5.74) is 2.49. The highest BCUT2D eigenvalue weighted by atomic mass is 79.9. The molecule has 8 heteroatoms. The maximum absolute atomic E-state index is 12.4. The molecule has 2 aromatic carbocycles. The van der Waals surface area contributed by atoms with Gasteiger partial charge in [-0.2, -0.15) is 0 Å². The maximum Gasteiger partial charge on any atom is 0.315 e. The number of ether oxygens (including phenoxy) is 2. The highest BCUT2D eigenvalue weighted by Crippen LogP contribution is 2.33. The number of hydrogen-bond donors (Lipinski definition) is 3. The molecule has 3 amide bonds. The second-order valence-corrected chi connectivity index (χ2v) is 7.84. The van der Waals surface area contributed by atoms with Gasteiger partial charge in [-0.15, -0.1) is 0 Å². The second-order valence-electron chi connectivity index (χ2n) is 6.98. The summed E-state index contributed by atoms with van der Waals surface area (Å²) in [6.07, 6.45) is 0.639. The van der Waals surface area contributed by atoms with Gasteiger partial charge in [0, 0.05) is 29.2 Å². The van der Waals surface area contributed by atoms with Gasteiger partial charge in [0.25, 0.3) is 5.91 Å². The lowest BCUT2D eigenvalue weighted by Crippen LogP contribution is -2.39. The van der Waals surface area contributed by atoms with Gasteiger partial charge in [0.05, 0.1) is 14.2 Å². The SMILES string of the molecule is COc1cc(Br)c(CCNC(=O)c2ccc(CNC(=O)NC(C)C)cc2)cc1OC. The Morgan fingerprint density at radius 3 is 2.23 bits per heavy atom. The molecule has 2 aromatic rings. The number of halogens is 1. The van der Waals surface area contributed by atoms with E-state index in [4.69, 9.17) is 9.47 Å². The predicted molar refractivity (Wildman–Crippen MR) is 120 cm³/mol. The number of hydrogen-bond acceptors (Lipinski definition) is 4. The van der Waals surface area contributed by atoms with E-state index in [1.54, 1.807) is 26.4 Å². The van der Waals surface area contributed by atoms with E-state index in [0.29, 0.717) is 36.6 Å². The molecule has 0 aliphatic carbocycles. The first kappa shape index (κ1) is 23.5. The fraction of sp³-hybridized carbons (Fsp3) is 0.364. The summed E-state index contributed by atoms with van der Waals surface area (Å²) in [6, 6.07) is 10.8. The van der Waals surface area contributed by atoms with E-state index in [9.17, 15) is 9.59 Å². The normalized spacial score (nSPS) is 10.5. The molecule has 0 heterocycles. The molecule has 0 atom stereocenters. The molecule has 0 saturated heterocycles. The number of nitrogens with one attached hydrogen (secondary N) is 3. The lowest BCUT2D eigenvalue weighted by atomic mass is 10.1. The van der Waals surface area contributed by atoms with Crippen molar-refractivity contribution >= 4 is 27.9 Å². The summed E-state index contributed by atoms with van der Waals surface area (Å²) in [4.78, 5) is 24.0. The maximum atomic E-state index is 12.4. The quantitative estimate of drug-likeness (QED) is 0.514. The summed E-state index contributed by atoms with van der Waals surface area (Å²) in [5, 5.41) is 8.46. The van der Waals surface area contributed by atoms with E-state index in [1.807, 2.05) is 38.1 Å². The Morgan fingerprint density at radius 1 is 1.00 bits per heavy atom. The number of carbonyl (C=O) groups excluding carboxylic acids is 2. The van der Waals surface area contributed by atoms with Crippen molar-refractivity contribution in [2.75, 3.05) is 20.8 Å².